The Bertz CT molecular complexity index is 1380. The lowest BCUT2D eigenvalue weighted by Gasteiger charge is -2.26. The maximum atomic E-state index is 13.4. The Labute approximate surface area is 215 Å². The fourth-order valence-corrected chi connectivity index (χ4v) is 4.55. The van der Waals surface area contributed by atoms with E-state index in [-0.39, 0.29) is 17.9 Å². The monoisotopic (exact) mass is 503 g/mol. The Balaban J connectivity index is 1.87. The van der Waals surface area contributed by atoms with Crippen LogP contribution in [0.3, 0.4) is 0 Å². The summed E-state index contributed by atoms with van der Waals surface area (Å²) >= 11 is 0. The van der Waals surface area contributed by atoms with Gasteiger partial charge in [0.25, 0.3) is 11.7 Å². The van der Waals surface area contributed by atoms with Gasteiger partial charge in [0, 0.05) is 12.1 Å². The Morgan fingerprint density at radius 1 is 0.838 bits per heavy atom. The van der Waals surface area contributed by atoms with E-state index in [9.17, 15) is 14.7 Å². The van der Waals surface area contributed by atoms with Gasteiger partial charge >= 0.3 is 0 Å². The highest BCUT2D eigenvalue weighted by molar-refractivity contribution is 6.46. The zero-order valence-corrected chi connectivity index (χ0v) is 21.4. The lowest BCUT2D eigenvalue weighted by atomic mass is 9.93. The molecule has 1 atom stereocenters. The van der Waals surface area contributed by atoms with Crippen molar-refractivity contribution in [3.05, 3.63) is 88.5 Å². The van der Waals surface area contributed by atoms with E-state index in [1.807, 2.05) is 0 Å². The maximum Gasteiger partial charge on any atom is 0.295 e. The fourth-order valence-electron chi connectivity index (χ4n) is 4.55. The van der Waals surface area contributed by atoms with Crippen molar-refractivity contribution in [1.82, 2.24) is 4.90 Å². The summed E-state index contributed by atoms with van der Waals surface area (Å²) in [4.78, 5) is 28.2. The minimum Gasteiger partial charge on any atom is -0.507 e. The highest BCUT2D eigenvalue weighted by atomic mass is 16.5. The van der Waals surface area contributed by atoms with Crippen LogP contribution in [0.2, 0.25) is 0 Å². The van der Waals surface area contributed by atoms with Crippen LogP contribution in [0.25, 0.3) is 5.76 Å². The van der Waals surface area contributed by atoms with Gasteiger partial charge in [-0.1, -0.05) is 18.2 Å². The number of methoxy groups -OCH3 is 4. The van der Waals surface area contributed by atoms with Crippen LogP contribution in [0.1, 0.15) is 28.3 Å². The van der Waals surface area contributed by atoms with Crippen molar-refractivity contribution in [2.24, 2.45) is 0 Å². The molecule has 1 aliphatic heterocycles. The van der Waals surface area contributed by atoms with Gasteiger partial charge in [0.05, 0.1) is 40.1 Å². The average Bonchev–Trinajstić information content (AvgIpc) is 3.17. The molecule has 4 rings (SSSR count). The van der Waals surface area contributed by atoms with E-state index in [1.54, 1.807) is 88.9 Å². The number of hydrogen-bond acceptors (Lipinski definition) is 7. The zero-order chi connectivity index (χ0) is 26.7. The number of aryl methyl sites for hydroxylation is 1. The number of hydrogen-bond donors (Lipinski definition) is 1. The van der Waals surface area contributed by atoms with Crippen molar-refractivity contribution in [3.63, 3.8) is 0 Å². The molecule has 1 N–H and O–H groups in total. The number of aliphatic hydroxyl groups excluding tert-OH is 1. The summed E-state index contributed by atoms with van der Waals surface area (Å²) < 4.78 is 21.4. The summed E-state index contributed by atoms with van der Waals surface area (Å²) in [7, 11) is 6.17. The van der Waals surface area contributed by atoms with Crippen molar-refractivity contribution < 1.29 is 33.6 Å². The third-order valence-electron chi connectivity index (χ3n) is 6.44. The Hall–Kier alpha value is -4.46. The molecule has 1 heterocycles. The molecule has 8 nitrogen and oxygen atoms in total. The number of likely N-dealkylation sites (tertiary alicyclic amines) is 1. The van der Waals surface area contributed by atoms with Gasteiger partial charge in [-0.25, -0.2) is 0 Å². The van der Waals surface area contributed by atoms with E-state index in [4.69, 9.17) is 18.9 Å². The third kappa shape index (κ3) is 4.82. The first-order valence-electron chi connectivity index (χ1n) is 11.6. The number of rotatable bonds is 8. The van der Waals surface area contributed by atoms with Gasteiger partial charge in [-0.05, 0) is 66.1 Å². The predicted octanol–water partition coefficient (Wildman–Crippen LogP) is 4.65. The molecular weight excluding hydrogens is 474 g/mol. The number of nitrogens with zero attached hydrogens (tertiary/aromatic N) is 1. The van der Waals surface area contributed by atoms with E-state index < -0.39 is 17.7 Å². The second kappa shape index (κ2) is 10.7. The molecular formula is C29H29NO7. The molecule has 1 saturated heterocycles. The van der Waals surface area contributed by atoms with Crippen LogP contribution in [0.5, 0.6) is 23.0 Å². The van der Waals surface area contributed by atoms with Gasteiger partial charge in [-0.2, -0.15) is 0 Å². The first-order chi connectivity index (χ1) is 17.8. The average molecular weight is 504 g/mol. The minimum atomic E-state index is -0.843. The number of amides is 1. The lowest BCUT2D eigenvalue weighted by molar-refractivity contribution is -0.140. The smallest absolute Gasteiger partial charge is 0.295 e. The summed E-state index contributed by atoms with van der Waals surface area (Å²) in [6, 6.07) is 16.7. The molecule has 3 aromatic rings. The van der Waals surface area contributed by atoms with Crippen LogP contribution in [0.15, 0.2) is 66.2 Å². The predicted molar refractivity (Wildman–Crippen MR) is 138 cm³/mol. The summed E-state index contributed by atoms with van der Waals surface area (Å²) in [6.45, 7) is 1.91. The molecule has 1 amide bonds. The van der Waals surface area contributed by atoms with Gasteiger partial charge in [-0.15, -0.1) is 0 Å². The third-order valence-corrected chi connectivity index (χ3v) is 6.44. The topological polar surface area (TPSA) is 94.5 Å². The van der Waals surface area contributed by atoms with Gasteiger partial charge < -0.3 is 29.0 Å². The molecule has 1 unspecified atom stereocenters. The highest BCUT2D eigenvalue weighted by Gasteiger charge is 2.46. The molecule has 37 heavy (non-hydrogen) atoms. The molecule has 8 heteroatoms. The van der Waals surface area contributed by atoms with E-state index in [1.165, 1.54) is 12.0 Å². The fraction of sp³-hybridized carbons (Fsp3) is 0.241. The zero-order valence-electron chi connectivity index (χ0n) is 21.4. The van der Waals surface area contributed by atoms with Crippen LogP contribution in [-0.4, -0.2) is 50.1 Å². The van der Waals surface area contributed by atoms with Crippen molar-refractivity contribution in [1.29, 1.82) is 0 Å². The largest absolute Gasteiger partial charge is 0.507 e. The molecule has 1 aliphatic rings. The number of ketones is 1. The standard InChI is InChI=1S/C29H29NO7/c1-17-13-21(35-3)10-11-22(17)27(31)25-26(19-7-6-8-20(15-19)34-2)30(29(33)28(25)32)16-18-9-12-23(36-4)24(14-18)37-5/h6-15,26,31H,16H2,1-5H3/b27-25-. The summed E-state index contributed by atoms with van der Waals surface area (Å²) in [6.07, 6.45) is 0. The molecule has 1 fully saturated rings. The van der Waals surface area contributed by atoms with Crippen molar-refractivity contribution in [2.75, 3.05) is 28.4 Å². The van der Waals surface area contributed by atoms with E-state index in [2.05, 4.69) is 0 Å². The second-order valence-electron chi connectivity index (χ2n) is 8.57. The summed E-state index contributed by atoms with van der Waals surface area (Å²) in [5, 5.41) is 11.4. The lowest BCUT2D eigenvalue weighted by Crippen LogP contribution is -2.29. The number of Topliss-reactive ketones (excluding diaryl/α,β-unsaturated/α-hetero) is 1. The summed E-state index contributed by atoms with van der Waals surface area (Å²) in [5.74, 6) is 0.510. The van der Waals surface area contributed by atoms with Crippen LogP contribution in [0.4, 0.5) is 0 Å². The Morgan fingerprint density at radius 3 is 2.19 bits per heavy atom. The van der Waals surface area contributed by atoms with Crippen LogP contribution in [0, 0.1) is 6.92 Å². The minimum absolute atomic E-state index is 0.00648. The normalized spacial score (nSPS) is 16.6. The van der Waals surface area contributed by atoms with E-state index >= 15 is 0 Å². The number of benzene rings is 3. The quantitative estimate of drug-likeness (QED) is 0.272. The molecule has 0 bridgehead atoms. The van der Waals surface area contributed by atoms with Gasteiger partial charge in [0.1, 0.15) is 17.3 Å². The van der Waals surface area contributed by atoms with Gasteiger partial charge in [-0.3, -0.25) is 9.59 Å². The van der Waals surface area contributed by atoms with Gasteiger partial charge in [0.15, 0.2) is 11.5 Å². The molecule has 0 aromatic heterocycles. The van der Waals surface area contributed by atoms with Crippen LogP contribution in [-0.2, 0) is 16.1 Å². The number of ether oxygens (including phenoxy) is 4. The summed E-state index contributed by atoms with van der Waals surface area (Å²) in [5.41, 5.74) is 2.51. The Morgan fingerprint density at radius 2 is 1.54 bits per heavy atom. The molecule has 0 saturated carbocycles. The van der Waals surface area contributed by atoms with Crippen LogP contribution < -0.4 is 18.9 Å². The first-order valence-corrected chi connectivity index (χ1v) is 11.6. The molecule has 192 valence electrons. The SMILES string of the molecule is COc1cccc(C2/C(=C(/O)c3ccc(OC)cc3C)C(=O)C(=O)N2Cc2ccc(OC)c(OC)c2)c1. The van der Waals surface area contributed by atoms with E-state index in [0.717, 1.165) is 5.56 Å². The van der Waals surface area contributed by atoms with Crippen molar-refractivity contribution in [2.45, 2.75) is 19.5 Å². The van der Waals surface area contributed by atoms with E-state index in [0.29, 0.717) is 39.7 Å². The highest BCUT2D eigenvalue weighted by Crippen LogP contribution is 2.42. The number of aliphatic hydroxyl groups is 1. The Kier molecular flexibility index (Phi) is 7.38. The van der Waals surface area contributed by atoms with Crippen molar-refractivity contribution in [3.8, 4) is 23.0 Å². The molecule has 0 radical (unpaired) electrons. The number of carbonyl (C=O) groups is 2. The van der Waals surface area contributed by atoms with Gasteiger partial charge in [0.2, 0.25) is 0 Å². The maximum absolute atomic E-state index is 13.4. The molecule has 0 aliphatic carbocycles. The second-order valence-corrected chi connectivity index (χ2v) is 8.57. The van der Waals surface area contributed by atoms with Crippen molar-refractivity contribution >= 4 is 17.4 Å². The number of carbonyl (C=O) groups excluding carboxylic acids is 2. The molecule has 3 aromatic carbocycles. The first kappa shape index (κ1) is 25.6. The van der Waals surface area contributed by atoms with Crippen LogP contribution >= 0.6 is 0 Å². The molecule has 0 spiro atoms.